The highest BCUT2D eigenvalue weighted by molar-refractivity contribution is 6.14. The number of hydrogen-bond donors (Lipinski definition) is 3. The number of anilines is 2. The zero-order valence-corrected chi connectivity index (χ0v) is 18.9. The largest absolute Gasteiger partial charge is 0.421 e. The summed E-state index contributed by atoms with van der Waals surface area (Å²) in [5.74, 6) is 2.31. The molecule has 2 aliphatic rings. The van der Waals surface area contributed by atoms with Crippen LogP contribution >= 0.6 is 0 Å². The van der Waals surface area contributed by atoms with Crippen molar-refractivity contribution in [2.75, 3.05) is 37.5 Å². The number of methoxy groups -OCH3 is 1. The van der Waals surface area contributed by atoms with E-state index in [1.165, 1.54) is 12.1 Å². The molecule has 3 aromatic heterocycles. The molecule has 3 atom stereocenters. The van der Waals surface area contributed by atoms with E-state index >= 15 is 0 Å². The van der Waals surface area contributed by atoms with E-state index in [1.807, 2.05) is 0 Å². The Labute approximate surface area is 194 Å². The molecule has 0 spiro atoms. The summed E-state index contributed by atoms with van der Waals surface area (Å²) in [6.45, 7) is 1.96. The maximum atomic E-state index is 14.5. The first-order chi connectivity index (χ1) is 16.5. The van der Waals surface area contributed by atoms with Crippen LogP contribution in [0.25, 0.3) is 21.9 Å². The van der Waals surface area contributed by atoms with E-state index < -0.39 is 0 Å². The van der Waals surface area contributed by atoms with Crippen LogP contribution in [0.15, 0.2) is 24.5 Å². The van der Waals surface area contributed by atoms with Gasteiger partial charge in [-0.3, -0.25) is 0 Å². The monoisotopic (exact) mass is 464 g/mol. The second kappa shape index (κ2) is 8.03. The number of fused-ring (bicyclic) bond motifs is 4. The fourth-order valence-electron chi connectivity index (χ4n) is 5.13. The third kappa shape index (κ3) is 3.39. The van der Waals surface area contributed by atoms with E-state index in [9.17, 15) is 4.39 Å². The van der Waals surface area contributed by atoms with E-state index in [0.29, 0.717) is 47.2 Å². The Kier molecular flexibility index (Phi) is 4.96. The number of nitrogens with zero attached hydrogens (tertiary/aromatic N) is 5. The summed E-state index contributed by atoms with van der Waals surface area (Å²) in [6, 6.07) is 3.34. The smallest absolute Gasteiger partial charge is 0.326 e. The van der Waals surface area contributed by atoms with Gasteiger partial charge in [-0.1, -0.05) is 0 Å². The Morgan fingerprint density at radius 3 is 2.76 bits per heavy atom. The Morgan fingerprint density at radius 1 is 1.24 bits per heavy atom. The van der Waals surface area contributed by atoms with Gasteiger partial charge in [-0.25, -0.2) is 14.4 Å². The van der Waals surface area contributed by atoms with Gasteiger partial charge in [0.25, 0.3) is 0 Å². The summed E-state index contributed by atoms with van der Waals surface area (Å²) in [5.41, 5.74) is 8.21. The highest BCUT2D eigenvalue weighted by atomic mass is 19.1. The number of nitrogens with two attached hydrogens (primary N) is 1. The second-order valence-corrected chi connectivity index (χ2v) is 8.90. The number of aromatic amines is 1. The second-order valence-electron chi connectivity index (χ2n) is 8.90. The molecule has 1 aliphatic heterocycles. The predicted molar refractivity (Wildman–Crippen MR) is 126 cm³/mol. The number of rotatable bonds is 6. The van der Waals surface area contributed by atoms with Gasteiger partial charge in [0, 0.05) is 38.7 Å². The Balaban J connectivity index is 1.47. The van der Waals surface area contributed by atoms with Crippen molar-refractivity contribution in [1.82, 2.24) is 24.9 Å². The molecule has 0 radical (unpaired) electrons. The van der Waals surface area contributed by atoms with Crippen molar-refractivity contribution in [1.29, 1.82) is 0 Å². The van der Waals surface area contributed by atoms with E-state index in [4.69, 9.17) is 20.2 Å². The third-order valence-electron chi connectivity index (χ3n) is 6.83. The summed E-state index contributed by atoms with van der Waals surface area (Å²) in [7, 11) is 3.34. The van der Waals surface area contributed by atoms with Gasteiger partial charge in [-0.15, -0.1) is 0 Å². The van der Waals surface area contributed by atoms with Crippen LogP contribution in [0.5, 0.6) is 11.8 Å². The molecule has 1 saturated heterocycles. The molecule has 2 fully saturated rings. The summed E-state index contributed by atoms with van der Waals surface area (Å²) < 4.78 is 25.5. The maximum absolute atomic E-state index is 14.5. The highest BCUT2D eigenvalue weighted by Gasteiger charge is 2.46. The minimum absolute atomic E-state index is 0.159. The zero-order valence-electron chi connectivity index (χ0n) is 18.9. The number of hydrogen-bond acceptors (Lipinski definition) is 9. The van der Waals surface area contributed by atoms with Crippen LogP contribution in [0.3, 0.4) is 0 Å². The van der Waals surface area contributed by atoms with Crippen molar-refractivity contribution in [3.8, 4) is 11.8 Å². The number of benzene rings is 1. The SMILES string of the molecule is CNc1cc(F)cc2c1[nH]c1nc(Oc3cnc(COC)nc3)nc(N3CC4CC(N)C4C3)c12. The van der Waals surface area contributed by atoms with Crippen molar-refractivity contribution in [3.63, 3.8) is 0 Å². The van der Waals surface area contributed by atoms with Gasteiger partial charge in [0.2, 0.25) is 0 Å². The lowest BCUT2D eigenvalue weighted by atomic mass is 9.72. The van der Waals surface area contributed by atoms with E-state index in [0.717, 1.165) is 35.8 Å². The minimum Gasteiger partial charge on any atom is -0.421 e. The van der Waals surface area contributed by atoms with Gasteiger partial charge >= 0.3 is 6.01 Å². The number of halogens is 1. The van der Waals surface area contributed by atoms with Crippen LogP contribution in [-0.4, -0.2) is 58.2 Å². The van der Waals surface area contributed by atoms with Gasteiger partial charge in [-0.05, 0) is 30.4 Å². The molecule has 3 unspecified atom stereocenters. The summed E-state index contributed by atoms with van der Waals surface area (Å²) in [4.78, 5) is 23.4. The van der Waals surface area contributed by atoms with Crippen LogP contribution in [-0.2, 0) is 11.3 Å². The average molecular weight is 465 g/mol. The first-order valence-corrected chi connectivity index (χ1v) is 11.2. The van der Waals surface area contributed by atoms with Crippen LogP contribution in [0.4, 0.5) is 15.9 Å². The predicted octanol–water partition coefficient (Wildman–Crippen LogP) is 2.80. The quantitative estimate of drug-likeness (QED) is 0.395. The Hall–Kier alpha value is -3.57. The lowest BCUT2D eigenvalue weighted by molar-refractivity contribution is 0.177. The van der Waals surface area contributed by atoms with Crippen LogP contribution in [0.2, 0.25) is 0 Å². The van der Waals surface area contributed by atoms with Crippen molar-refractivity contribution in [3.05, 3.63) is 36.2 Å². The molecule has 4 heterocycles. The third-order valence-corrected chi connectivity index (χ3v) is 6.83. The molecule has 1 aliphatic carbocycles. The van der Waals surface area contributed by atoms with Crippen molar-refractivity contribution >= 4 is 33.4 Å². The lowest BCUT2D eigenvalue weighted by Gasteiger charge is -2.36. The molecule has 176 valence electrons. The topological polar surface area (TPSA) is 127 Å². The number of ether oxygens (including phenoxy) is 2. The molecule has 6 rings (SSSR count). The molecule has 4 N–H and O–H groups in total. The van der Waals surface area contributed by atoms with Crippen LogP contribution in [0, 0.1) is 17.7 Å². The summed E-state index contributed by atoms with van der Waals surface area (Å²) in [6.07, 6.45) is 4.13. The Bertz CT molecular complexity index is 1380. The van der Waals surface area contributed by atoms with Gasteiger partial charge < -0.3 is 30.4 Å². The fraction of sp³-hybridized carbons (Fsp3) is 0.391. The van der Waals surface area contributed by atoms with Crippen LogP contribution in [0.1, 0.15) is 12.2 Å². The first kappa shape index (κ1) is 21.0. The van der Waals surface area contributed by atoms with E-state index in [-0.39, 0.29) is 17.9 Å². The number of H-pyrrole nitrogens is 1. The molecular formula is C23H25FN8O2. The van der Waals surface area contributed by atoms with Crippen LogP contribution < -0.4 is 20.7 Å². The summed E-state index contributed by atoms with van der Waals surface area (Å²) in [5, 5.41) is 4.54. The van der Waals surface area contributed by atoms with Gasteiger partial charge in [0.15, 0.2) is 11.6 Å². The average Bonchev–Trinajstić information content (AvgIpc) is 3.37. The van der Waals surface area contributed by atoms with Gasteiger partial charge in [-0.2, -0.15) is 9.97 Å². The number of aromatic nitrogens is 5. The number of nitrogens with one attached hydrogen (secondary N) is 2. The fourth-order valence-corrected chi connectivity index (χ4v) is 5.13. The standard InChI is InChI=1S/C23H25FN8O2/c1-26-17-5-12(24)4-14-19-21(29-20(14)17)30-23(34-13-6-27-18(10-33-2)28-7-13)31-22(19)32-8-11-3-16(25)15(11)9-32/h4-7,11,15-16,26H,3,8-10,25H2,1-2H3,(H,29,30,31). The zero-order chi connectivity index (χ0) is 23.4. The molecule has 10 nitrogen and oxygen atoms in total. The molecule has 1 saturated carbocycles. The van der Waals surface area contributed by atoms with Gasteiger partial charge in [0.1, 0.15) is 23.9 Å². The Morgan fingerprint density at radius 2 is 2.06 bits per heavy atom. The van der Waals surface area contributed by atoms with E-state index in [1.54, 1.807) is 26.6 Å². The van der Waals surface area contributed by atoms with Crippen molar-refractivity contribution in [2.45, 2.75) is 19.1 Å². The summed E-state index contributed by atoms with van der Waals surface area (Å²) >= 11 is 0. The lowest BCUT2D eigenvalue weighted by Crippen LogP contribution is -2.46. The highest BCUT2D eigenvalue weighted by Crippen LogP contribution is 2.44. The van der Waals surface area contributed by atoms with E-state index in [2.05, 4.69) is 30.2 Å². The molecule has 34 heavy (non-hydrogen) atoms. The van der Waals surface area contributed by atoms with Crippen molar-refractivity contribution < 1.29 is 13.9 Å². The van der Waals surface area contributed by atoms with Gasteiger partial charge in [0.05, 0.1) is 29.0 Å². The molecule has 1 aromatic carbocycles. The molecule has 4 aromatic rings. The normalized spacial score (nSPS) is 21.6. The molecule has 11 heteroatoms. The maximum Gasteiger partial charge on any atom is 0.326 e. The van der Waals surface area contributed by atoms with Crippen molar-refractivity contribution in [2.24, 2.45) is 17.6 Å². The first-order valence-electron chi connectivity index (χ1n) is 11.2. The molecular weight excluding hydrogens is 439 g/mol. The minimum atomic E-state index is -0.333. The molecule has 0 amide bonds. The molecule has 0 bridgehead atoms.